The molecule has 1 amide bonds. The number of hydrogen-bond donors (Lipinski definition) is 1. The van der Waals surface area contributed by atoms with Crippen LogP contribution in [0.15, 0.2) is 78.5 Å². The van der Waals surface area contributed by atoms with Crippen LogP contribution in [-0.2, 0) is 14.3 Å². The highest BCUT2D eigenvalue weighted by atomic mass is 16.5. The van der Waals surface area contributed by atoms with Crippen molar-refractivity contribution in [3.05, 3.63) is 95.3 Å². The molecule has 1 aliphatic rings. The first-order chi connectivity index (χ1) is 18.0. The molecule has 1 aliphatic heterocycles. The highest BCUT2D eigenvalue weighted by molar-refractivity contribution is 6.51. The topological polar surface area (TPSA) is 106 Å². The molecule has 8 nitrogen and oxygen atoms in total. The molecule has 1 saturated heterocycles. The second-order valence-electron chi connectivity index (χ2n) is 8.48. The number of anilines is 1. The van der Waals surface area contributed by atoms with Gasteiger partial charge in [0.25, 0.3) is 11.7 Å². The minimum atomic E-state index is -1.00. The van der Waals surface area contributed by atoms with Crippen LogP contribution >= 0.6 is 0 Å². The largest absolute Gasteiger partial charge is 0.507 e. The van der Waals surface area contributed by atoms with Crippen molar-refractivity contribution >= 4 is 29.1 Å². The van der Waals surface area contributed by atoms with Crippen molar-refractivity contribution in [2.75, 3.05) is 18.1 Å². The maximum Gasteiger partial charge on any atom is 0.338 e. The number of carbonyl (C=O) groups excluding carboxylic acids is 3. The van der Waals surface area contributed by atoms with Gasteiger partial charge < -0.3 is 14.6 Å². The molecule has 1 atom stereocenters. The zero-order chi connectivity index (χ0) is 26.4. The van der Waals surface area contributed by atoms with Gasteiger partial charge in [0, 0.05) is 17.4 Å². The summed E-state index contributed by atoms with van der Waals surface area (Å²) in [6, 6.07) is 17.1. The number of aliphatic hydroxyl groups is 1. The average Bonchev–Trinajstić information content (AvgIpc) is 3.21. The van der Waals surface area contributed by atoms with E-state index in [2.05, 4.69) is 4.98 Å². The lowest BCUT2D eigenvalue weighted by Crippen LogP contribution is -2.30. The Labute approximate surface area is 215 Å². The van der Waals surface area contributed by atoms with E-state index in [9.17, 15) is 19.5 Å². The summed E-state index contributed by atoms with van der Waals surface area (Å²) in [5.41, 5.74) is 1.22. The van der Waals surface area contributed by atoms with Gasteiger partial charge in [-0.05, 0) is 67.4 Å². The van der Waals surface area contributed by atoms with E-state index >= 15 is 0 Å². The van der Waals surface area contributed by atoms with Crippen molar-refractivity contribution in [2.24, 2.45) is 0 Å². The van der Waals surface area contributed by atoms with E-state index in [0.29, 0.717) is 35.7 Å². The summed E-state index contributed by atoms with van der Waals surface area (Å²) < 4.78 is 10.8. The van der Waals surface area contributed by atoms with Gasteiger partial charge in [-0.25, -0.2) is 4.79 Å². The highest BCUT2D eigenvalue weighted by Gasteiger charge is 2.47. The Morgan fingerprint density at radius 2 is 1.70 bits per heavy atom. The van der Waals surface area contributed by atoms with Crippen molar-refractivity contribution in [2.45, 2.75) is 32.7 Å². The number of amides is 1. The van der Waals surface area contributed by atoms with Crippen LogP contribution in [0.2, 0.25) is 0 Å². The number of esters is 1. The number of ketones is 1. The Morgan fingerprint density at radius 1 is 0.946 bits per heavy atom. The van der Waals surface area contributed by atoms with Crippen molar-refractivity contribution in [1.82, 2.24) is 4.98 Å². The van der Waals surface area contributed by atoms with Gasteiger partial charge in [0.15, 0.2) is 0 Å². The molecule has 4 rings (SSSR count). The maximum atomic E-state index is 13.3. The van der Waals surface area contributed by atoms with E-state index in [0.717, 1.165) is 6.42 Å². The van der Waals surface area contributed by atoms with E-state index in [-0.39, 0.29) is 23.5 Å². The van der Waals surface area contributed by atoms with E-state index in [1.54, 1.807) is 66.9 Å². The van der Waals surface area contributed by atoms with Gasteiger partial charge in [0.1, 0.15) is 17.6 Å². The van der Waals surface area contributed by atoms with Crippen molar-refractivity contribution < 1.29 is 29.0 Å². The summed E-state index contributed by atoms with van der Waals surface area (Å²) in [7, 11) is 0. The van der Waals surface area contributed by atoms with Crippen LogP contribution < -0.4 is 9.64 Å². The zero-order valence-electron chi connectivity index (χ0n) is 20.7. The molecule has 0 bridgehead atoms. The molecular weight excluding hydrogens is 472 g/mol. The molecule has 0 saturated carbocycles. The SMILES string of the molecule is CCCOC(=O)c1cccc(N2C(=O)C(=O)/C(=C(/O)c3ccc(OCCC)cc3)C2c2ccccn2)c1. The van der Waals surface area contributed by atoms with Crippen LogP contribution in [0.25, 0.3) is 5.76 Å². The van der Waals surface area contributed by atoms with Crippen molar-refractivity contribution in [3.63, 3.8) is 0 Å². The molecule has 190 valence electrons. The molecule has 1 unspecified atom stereocenters. The molecule has 2 aromatic carbocycles. The fourth-order valence-corrected chi connectivity index (χ4v) is 4.06. The number of rotatable bonds is 9. The van der Waals surface area contributed by atoms with Gasteiger partial charge in [-0.2, -0.15) is 0 Å². The molecule has 1 N–H and O–H groups in total. The van der Waals surface area contributed by atoms with E-state index in [1.165, 1.54) is 11.0 Å². The van der Waals surface area contributed by atoms with Gasteiger partial charge in [0.05, 0.1) is 30.0 Å². The summed E-state index contributed by atoms with van der Waals surface area (Å²) >= 11 is 0. The second-order valence-corrected chi connectivity index (χ2v) is 8.48. The third-order valence-corrected chi connectivity index (χ3v) is 5.81. The number of benzene rings is 2. The molecule has 3 aromatic rings. The smallest absolute Gasteiger partial charge is 0.338 e. The van der Waals surface area contributed by atoms with Crippen LogP contribution in [0.5, 0.6) is 5.75 Å². The number of nitrogens with zero attached hydrogens (tertiary/aromatic N) is 2. The number of carbonyl (C=O) groups is 3. The molecule has 1 fully saturated rings. The molecule has 0 spiro atoms. The monoisotopic (exact) mass is 500 g/mol. The third kappa shape index (κ3) is 5.38. The standard InChI is InChI=1S/C29H28N2O6/c1-3-16-36-22-13-11-19(12-14-22)26(32)24-25(23-10-5-6-15-30-23)31(28(34)27(24)33)21-9-7-8-20(18-21)29(35)37-17-4-2/h5-15,18,25,32H,3-4,16-17H2,1-2H3/b26-24+. The second kappa shape index (κ2) is 11.5. The Balaban J connectivity index is 1.80. The van der Waals surface area contributed by atoms with Gasteiger partial charge in [0.2, 0.25) is 0 Å². The molecule has 37 heavy (non-hydrogen) atoms. The van der Waals surface area contributed by atoms with Crippen LogP contribution in [-0.4, -0.2) is 41.0 Å². The molecule has 8 heteroatoms. The Morgan fingerprint density at radius 3 is 2.38 bits per heavy atom. The lowest BCUT2D eigenvalue weighted by atomic mass is 9.98. The molecular formula is C29H28N2O6. The Hall–Kier alpha value is -4.46. The lowest BCUT2D eigenvalue weighted by molar-refractivity contribution is -0.132. The van der Waals surface area contributed by atoms with Gasteiger partial charge in [-0.3, -0.25) is 19.5 Å². The van der Waals surface area contributed by atoms with Crippen LogP contribution in [0.4, 0.5) is 5.69 Å². The molecule has 0 aliphatic carbocycles. The minimum absolute atomic E-state index is 0.0927. The fraction of sp³-hybridized carbons (Fsp3) is 0.241. The van der Waals surface area contributed by atoms with E-state index in [4.69, 9.17) is 9.47 Å². The summed E-state index contributed by atoms with van der Waals surface area (Å²) in [4.78, 5) is 44.7. The normalized spacial score (nSPS) is 16.6. The predicted octanol–water partition coefficient (Wildman–Crippen LogP) is 5.06. The molecule has 2 heterocycles. The maximum absolute atomic E-state index is 13.3. The number of pyridine rings is 1. The van der Waals surface area contributed by atoms with Crippen molar-refractivity contribution in [3.8, 4) is 5.75 Å². The first-order valence-electron chi connectivity index (χ1n) is 12.2. The van der Waals surface area contributed by atoms with Crippen LogP contribution in [0, 0.1) is 0 Å². The van der Waals surface area contributed by atoms with Crippen LogP contribution in [0.3, 0.4) is 0 Å². The summed E-state index contributed by atoms with van der Waals surface area (Å²) in [5.74, 6) is -1.90. The van der Waals surface area contributed by atoms with Gasteiger partial charge in [-0.1, -0.05) is 26.0 Å². The van der Waals surface area contributed by atoms with E-state index < -0.39 is 23.7 Å². The number of ether oxygens (including phenoxy) is 2. The van der Waals surface area contributed by atoms with Gasteiger partial charge in [-0.15, -0.1) is 0 Å². The summed E-state index contributed by atoms with van der Waals surface area (Å²) in [6.45, 7) is 4.72. The Bertz CT molecular complexity index is 1320. The Kier molecular flexibility index (Phi) is 7.98. The fourth-order valence-electron chi connectivity index (χ4n) is 4.06. The first-order valence-corrected chi connectivity index (χ1v) is 12.2. The van der Waals surface area contributed by atoms with Gasteiger partial charge >= 0.3 is 5.97 Å². The quantitative estimate of drug-likeness (QED) is 0.189. The molecule has 0 radical (unpaired) electrons. The zero-order valence-corrected chi connectivity index (χ0v) is 20.7. The number of aliphatic hydroxyl groups excluding tert-OH is 1. The summed E-state index contributed by atoms with van der Waals surface area (Å²) in [5, 5.41) is 11.2. The predicted molar refractivity (Wildman–Crippen MR) is 138 cm³/mol. The number of hydrogen-bond acceptors (Lipinski definition) is 7. The number of Topliss-reactive ketones (excluding diaryl/α,β-unsaturated/α-hetero) is 1. The lowest BCUT2D eigenvalue weighted by Gasteiger charge is -2.25. The van der Waals surface area contributed by atoms with E-state index in [1.807, 2.05) is 13.8 Å². The molecule has 1 aromatic heterocycles. The van der Waals surface area contributed by atoms with Crippen molar-refractivity contribution in [1.29, 1.82) is 0 Å². The number of aromatic nitrogens is 1. The third-order valence-electron chi connectivity index (χ3n) is 5.81. The highest BCUT2D eigenvalue weighted by Crippen LogP contribution is 2.41. The average molecular weight is 501 g/mol. The first kappa shape index (κ1) is 25.6. The minimum Gasteiger partial charge on any atom is -0.507 e. The van der Waals surface area contributed by atoms with Crippen LogP contribution in [0.1, 0.15) is 54.3 Å². The summed E-state index contributed by atoms with van der Waals surface area (Å²) in [6.07, 6.45) is 3.08.